The van der Waals surface area contributed by atoms with Gasteiger partial charge in [-0.15, -0.1) is 0 Å². The van der Waals surface area contributed by atoms with E-state index in [1.54, 1.807) is 28.8 Å². The number of aliphatic carboxylic acids is 1. The van der Waals surface area contributed by atoms with Crippen LogP contribution < -0.4 is 0 Å². The Hall–Kier alpha value is -2.38. The molecule has 29 heavy (non-hydrogen) atoms. The van der Waals surface area contributed by atoms with Gasteiger partial charge in [0.15, 0.2) is 9.84 Å². The zero-order chi connectivity index (χ0) is 23.4. The average Bonchev–Trinajstić information content (AvgIpc) is 3.21. The van der Waals surface area contributed by atoms with E-state index in [-0.39, 0.29) is 18.5 Å². The van der Waals surface area contributed by atoms with Crippen molar-refractivity contribution < 1.29 is 26.8 Å². The van der Waals surface area contributed by atoms with Crippen LogP contribution in [0.25, 0.3) is 10.9 Å². The summed E-state index contributed by atoms with van der Waals surface area (Å²) < 4.78 is 64.5. The van der Waals surface area contributed by atoms with Gasteiger partial charge in [-0.2, -0.15) is 0 Å². The lowest BCUT2D eigenvalue weighted by Gasteiger charge is -2.17. The molecule has 0 saturated heterocycles. The van der Waals surface area contributed by atoms with Gasteiger partial charge in [-0.1, -0.05) is 23.7 Å². The number of carbonyl (C=O) groups is 1. The lowest BCUT2D eigenvalue weighted by atomic mass is 10.1. The summed E-state index contributed by atoms with van der Waals surface area (Å²) in [6.45, 7) is 0.147. The van der Waals surface area contributed by atoms with Gasteiger partial charge in [0.1, 0.15) is 5.82 Å². The van der Waals surface area contributed by atoms with Gasteiger partial charge >= 0.3 is 5.97 Å². The van der Waals surface area contributed by atoms with Gasteiger partial charge in [-0.3, -0.25) is 4.79 Å². The molecule has 2 aromatic carbocycles. The molecule has 0 saturated carbocycles. The third-order valence-electron chi connectivity index (χ3n) is 5.33. The van der Waals surface area contributed by atoms with Crippen molar-refractivity contribution >= 4 is 38.3 Å². The molecule has 0 spiro atoms. The smallest absolute Gasteiger partial charge is 0.304 e. The second-order valence-corrected chi connectivity index (χ2v) is 9.10. The summed E-state index contributed by atoms with van der Waals surface area (Å²) in [5.41, 5.74) is 2.08. The highest BCUT2D eigenvalue weighted by Crippen LogP contribution is 2.44. The zero-order valence-electron chi connectivity index (χ0n) is 18.2. The fourth-order valence-electron chi connectivity index (χ4n) is 4.24. The van der Waals surface area contributed by atoms with Crippen molar-refractivity contribution in [1.29, 1.82) is 0 Å². The number of halogens is 2. The molecule has 1 heterocycles. The Morgan fingerprint density at radius 3 is 2.72 bits per heavy atom. The molecule has 8 heteroatoms. The first-order valence-corrected chi connectivity index (χ1v) is 10.8. The van der Waals surface area contributed by atoms with Crippen LogP contribution in [0, 0.1) is 5.82 Å². The molecule has 0 fully saturated rings. The molecule has 0 aliphatic heterocycles. The summed E-state index contributed by atoms with van der Waals surface area (Å²) in [5, 5.41) is 10.2. The summed E-state index contributed by atoms with van der Waals surface area (Å²) in [6, 6.07) is 8.72. The molecule has 1 aliphatic carbocycles. The summed E-state index contributed by atoms with van der Waals surface area (Å²) >= 11 is 5.96. The third kappa shape index (κ3) is 3.65. The predicted molar refractivity (Wildman–Crippen MR) is 109 cm³/mol. The lowest BCUT2D eigenvalue weighted by molar-refractivity contribution is -0.137. The molecule has 0 radical (unpaired) electrons. The predicted octanol–water partition coefficient (Wildman–Crippen LogP) is 4.39. The van der Waals surface area contributed by atoms with Crippen LogP contribution in [-0.2, 0) is 27.6 Å². The minimum absolute atomic E-state index is 0.0811. The van der Waals surface area contributed by atoms with E-state index in [2.05, 4.69) is 0 Å². The van der Waals surface area contributed by atoms with Crippen molar-refractivity contribution in [2.24, 2.45) is 0 Å². The normalized spacial score (nSPS) is 18.3. The molecular weight excluding hydrogens is 419 g/mol. The van der Waals surface area contributed by atoms with E-state index in [0.29, 0.717) is 34.5 Å². The van der Waals surface area contributed by atoms with Crippen molar-refractivity contribution in [2.45, 2.75) is 36.6 Å². The van der Waals surface area contributed by atoms with Crippen molar-refractivity contribution in [3.05, 3.63) is 64.1 Å². The van der Waals surface area contributed by atoms with E-state index in [1.165, 1.54) is 6.07 Å². The molecule has 0 bridgehead atoms. The number of fused-ring (bicyclic) bond motifs is 3. The maximum absolute atomic E-state index is 14.5. The highest BCUT2D eigenvalue weighted by Gasteiger charge is 2.33. The molecular formula is C21H19ClFNO4S. The minimum Gasteiger partial charge on any atom is -0.481 e. The number of carboxylic acids is 1. The summed E-state index contributed by atoms with van der Waals surface area (Å²) in [6.07, 6.45) is -2.60. The number of sulfone groups is 1. The van der Waals surface area contributed by atoms with Gasteiger partial charge in [-0.25, -0.2) is 12.8 Å². The van der Waals surface area contributed by atoms with E-state index < -0.39 is 38.6 Å². The topological polar surface area (TPSA) is 76.4 Å². The molecule has 152 valence electrons. The highest BCUT2D eigenvalue weighted by atomic mass is 35.5. The fraction of sp³-hybridized carbons (Fsp3) is 0.286. The van der Waals surface area contributed by atoms with Gasteiger partial charge in [0.2, 0.25) is 0 Å². The Morgan fingerprint density at radius 2 is 2.07 bits per heavy atom. The summed E-state index contributed by atoms with van der Waals surface area (Å²) in [7, 11) is -4.87. The van der Waals surface area contributed by atoms with Crippen molar-refractivity contribution in [3.8, 4) is 0 Å². The number of hydrogen-bond acceptors (Lipinski definition) is 3. The zero-order valence-corrected chi connectivity index (χ0v) is 16.7. The maximum Gasteiger partial charge on any atom is 0.304 e. The standard InChI is InChI=1S/C21H19ClFNO4S/c1-29(27,28)18-10-15(23)9-17-16-7-4-13(8-19(25)26)20(16)24(21(17)18)11-12-2-5-14(22)6-3-12/h2-3,5-6,9-10,13H,4,7-8,11H2,1H3,(H,25,26)/t13-/m1/s1/i1T3,19+2. The van der Waals surface area contributed by atoms with Gasteiger partial charge in [0, 0.05) is 38.9 Å². The molecule has 0 amide bonds. The minimum atomic E-state index is -4.87. The molecule has 1 aromatic heterocycles. The van der Waals surface area contributed by atoms with Crippen LogP contribution in [-0.4, -0.2) is 30.2 Å². The summed E-state index contributed by atoms with van der Waals surface area (Å²) in [5.74, 6) is -2.28. The molecule has 5 nitrogen and oxygen atoms in total. The first-order chi connectivity index (χ1) is 14.9. The Kier molecular flexibility index (Phi) is 4.05. The monoisotopic (exact) mass is 443 g/mol. The van der Waals surface area contributed by atoms with Crippen LogP contribution in [0.4, 0.5) is 4.39 Å². The van der Waals surface area contributed by atoms with Gasteiger partial charge in [0.25, 0.3) is 0 Å². The van der Waals surface area contributed by atoms with Crippen LogP contribution in [0.15, 0.2) is 41.3 Å². The SMILES string of the molecule is [3H]C([3H])([3H])S(=O)(=O)c1cc(F)cc2c3c(n(Cc4ccc(Cl)cc4)c12)[C@@H](C[14C](=O)O)CC3. The van der Waals surface area contributed by atoms with Gasteiger partial charge < -0.3 is 9.67 Å². The molecule has 1 atom stereocenters. The average molecular weight is 444 g/mol. The van der Waals surface area contributed by atoms with Crippen molar-refractivity contribution in [3.63, 3.8) is 0 Å². The Labute approximate surface area is 176 Å². The molecule has 1 aliphatic rings. The second kappa shape index (κ2) is 7.15. The number of rotatable bonds is 5. The molecule has 3 aromatic rings. The third-order valence-corrected chi connectivity index (χ3v) is 6.47. The van der Waals surface area contributed by atoms with E-state index in [9.17, 15) is 22.7 Å². The first kappa shape index (κ1) is 16.4. The Balaban J connectivity index is 2.05. The van der Waals surface area contributed by atoms with Crippen molar-refractivity contribution in [2.75, 3.05) is 6.18 Å². The number of nitrogens with zero attached hydrogens (tertiary/aromatic N) is 1. The maximum atomic E-state index is 14.5. The van der Waals surface area contributed by atoms with Crippen LogP contribution in [0.3, 0.4) is 0 Å². The van der Waals surface area contributed by atoms with Crippen LogP contribution in [0.1, 0.15) is 39.7 Å². The molecule has 4 rings (SSSR count). The molecule has 0 unspecified atom stereocenters. The van der Waals surface area contributed by atoms with Gasteiger partial charge in [-0.05, 0) is 48.2 Å². The molecule has 1 N–H and O–H groups in total. The Bertz CT molecular complexity index is 1330. The quantitative estimate of drug-likeness (QED) is 0.634. The van der Waals surface area contributed by atoms with Crippen LogP contribution >= 0.6 is 11.6 Å². The van der Waals surface area contributed by atoms with E-state index in [1.807, 2.05) is 0 Å². The van der Waals surface area contributed by atoms with Gasteiger partial charge in [0.05, 0.1) is 16.8 Å². The Morgan fingerprint density at radius 1 is 1.34 bits per heavy atom. The number of aryl methyl sites for hydroxylation is 1. The lowest BCUT2D eigenvalue weighted by Crippen LogP contribution is -2.12. The largest absolute Gasteiger partial charge is 0.481 e. The van der Waals surface area contributed by atoms with Crippen LogP contribution in [0.2, 0.25) is 5.02 Å². The number of benzene rings is 2. The number of aromatic nitrogens is 1. The first-order valence-electron chi connectivity index (χ1n) is 10.5. The highest BCUT2D eigenvalue weighted by molar-refractivity contribution is 7.91. The fourth-order valence-corrected chi connectivity index (χ4v) is 5.11. The van der Waals surface area contributed by atoms with E-state index in [0.717, 1.165) is 11.6 Å². The van der Waals surface area contributed by atoms with E-state index >= 15 is 0 Å². The van der Waals surface area contributed by atoms with Crippen molar-refractivity contribution in [1.82, 2.24) is 4.57 Å². The van der Waals surface area contributed by atoms with Crippen LogP contribution in [0.5, 0.6) is 0 Å². The van der Waals surface area contributed by atoms with E-state index in [4.69, 9.17) is 15.7 Å². The second-order valence-electron chi connectivity index (χ2n) is 7.21. The number of carboxylic acid groups (broad SMARTS) is 1. The summed E-state index contributed by atoms with van der Waals surface area (Å²) in [4.78, 5) is 10.8. The number of hydrogen-bond donors (Lipinski definition) is 1.